The lowest BCUT2D eigenvalue weighted by Gasteiger charge is -2.36. The summed E-state index contributed by atoms with van der Waals surface area (Å²) >= 11 is 6.16. The number of H-pyrrole nitrogens is 1. The highest BCUT2D eigenvalue weighted by atomic mass is 35.5. The second-order valence-corrected chi connectivity index (χ2v) is 11.4. The topological polar surface area (TPSA) is 70.7 Å². The number of nitrogens with one attached hydrogen (secondary N) is 1. The van der Waals surface area contributed by atoms with Crippen molar-refractivity contribution >= 4 is 39.9 Å². The summed E-state index contributed by atoms with van der Waals surface area (Å²) in [5, 5.41) is 1.70. The van der Waals surface area contributed by atoms with E-state index in [0.29, 0.717) is 23.0 Å². The van der Waals surface area contributed by atoms with Gasteiger partial charge in [-0.3, -0.25) is 4.90 Å². The fourth-order valence-corrected chi connectivity index (χ4v) is 5.49. The van der Waals surface area contributed by atoms with Crippen LogP contribution in [-0.2, 0) is 4.74 Å². The maximum Gasteiger partial charge on any atom is 0.341 e. The zero-order valence-electron chi connectivity index (χ0n) is 24.1. The van der Waals surface area contributed by atoms with Crippen molar-refractivity contribution in [2.45, 2.75) is 27.2 Å². The van der Waals surface area contributed by atoms with Gasteiger partial charge < -0.3 is 19.4 Å². The van der Waals surface area contributed by atoms with E-state index < -0.39 is 5.97 Å². The highest BCUT2D eigenvalue weighted by Gasteiger charge is 2.22. The van der Waals surface area contributed by atoms with Crippen LogP contribution in [-0.4, -0.2) is 60.7 Å². The highest BCUT2D eigenvalue weighted by molar-refractivity contribution is 6.30. The van der Waals surface area contributed by atoms with Gasteiger partial charge in [0.2, 0.25) is 0 Å². The second kappa shape index (κ2) is 12.8. The summed E-state index contributed by atoms with van der Waals surface area (Å²) in [7, 11) is 1.38. The van der Waals surface area contributed by atoms with Gasteiger partial charge >= 0.3 is 5.97 Å². The number of piperazine rings is 1. The number of nitrogens with zero attached hydrogens (tertiary/aromatic N) is 3. The van der Waals surface area contributed by atoms with E-state index in [1.807, 2.05) is 42.6 Å². The molecule has 3 heterocycles. The molecule has 214 valence electrons. The molecule has 0 atom stereocenters. The SMILES string of the molecule is COC(=O)c1ccc(N2CCN(CC(C)=C(CC(C)C)c3ccc(Cl)cc3)CC2)cc1Oc1cnc2[nH]ccc2c1. The van der Waals surface area contributed by atoms with Crippen molar-refractivity contribution in [1.29, 1.82) is 0 Å². The molecule has 0 radical (unpaired) electrons. The maximum absolute atomic E-state index is 12.5. The Labute approximate surface area is 246 Å². The minimum atomic E-state index is -0.438. The number of carbonyl (C=O) groups is 1. The molecule has 0 spiro atoms. The van der Waals surface area contributed by atoms with Crippen molar-refractivity contribution in [2.24, 2.45) is 5.92 Å². The first-order valence-electron chi connectivity index (χ1n) is 14.1. The molecule has 2 aromatic carbocycles. The van der Waals surface area contributed by atoms with Crippen LogP contribution in [0.1, 0.15) is 43.1 Å². The molecular weight excluding hydrogens is 536 g/mol. The minimum absolute atomic E-state index is 0.379. The fourth-order valence-electron chi connectivity index (χ4n) is 5.37. The van der Waals surface area contributed by atoms with Crippen LogP contribution in [0.15, 0.2) is 72.6 Å². The number of allylic oxidation sites excluding steroid dienone is 1. The molecule has 2 aromatic heterocycles. The summed E-state index contributed by atoms with van der Waals surface area (Å²) in [5.74, 6) is 1.14. The van der Waals surface area contributed by atoms with Crippen molar-refractivity contribution in [2.75, 3.05) is 44.7 Å². The first-order valence-corrected chi connectivity index (χ1v) is 14.4. The zero-order valence-corrected chi connectivity index (χ0v) is 24.9. The summed E-state index contributed by atoms with van der Waals surface area (Å²) in [6, 6.07) is 17.7. The lowest BCUT2D eigenvalue weighted by molar-refractivity contribution is 0.0598. The van der Waals surface area contributed by atoms with E-state index in [-0.39, 0.29) is 0 Å². The van der Waals surface area contributed by atoms with E-state index in [1.54, 1.807) is 12.3 Å². The largest absolute Gasteiger partial charge is 0.465 e. The van der Waals surface area contributed by atoms with E-state index in [1.165, 1.54) is 23.8 Å². The number of esters is 1. The van der Waals surface area contributed by atoms with Gasteiger partial charge in [-0.25, -0.2) is 9.78 Å². The normalized spacial score (nSPS) is 14.8. The van der Waals surface area contributed by atoms with E-state index in [0.717, 1.165) is 60.9 Å². The van der Waals surface area contributed by atoms with Crippen molar-refractivity contribution in [3.8, 4) is 11.5 Å². The van der Waals surface area contributed by atoms with Crippen molar-refractivity contribution < 1.29 is 14.3 Å². The van der Waals surface area contributed by atoms with Gasteiger partial charge in [-0.2, -0.15) is 0 Å². The lowest BCUT2D eigenvalue weighted by atomic mass is 9.92. The molecule has 1 N–H and O–H groups in total. The number of aromatic nitrogens is 2. The van der Waals surface area contributed by atoms with Gasteiger partial charge in [0.15, 0.2) is 0 Å². The molecule has 5 rings (SSSR count). The third-order valence-corrected chi connectivity index (χ3v) is 7.74. The van der Waals surface area contributed by atoms with Crippen molar-refractivity contribution in [3.63, 3.8) is 0 Å². The summed E-state index contributed by atoms with van der Waals surface area (Å²) in [6.07, 6.45) is 4.52. The number of benzene rings is 2. The number of aromatic amines is 1. The number of ether oxygens (including phenoxy) is 2. The number of hydrogen-bond donors (Lipinski definition) is 1. The van der Waals surface area contributed by atoms with Crippen LogP contribution < -0.4 is 9.64 Å². The van der Waals surface area contributed by atoms with E-state index in [4.69, 9.17) is 21.1 Å². The first-order chi connectivity index (χ1) is 19.8. The number of methoxy groups -OCH3 is 1. The van der Waals surface area contributed by atoms with E-state index >= 15 is 0 Å². The van der Waals surface area contributed by atoms with Crippen LogP contribution in [0.2, 0.25) is 5.02 Å². The molecule has 7 nitrogen and oxygen atoms in total. The Balaban J connectivity index is 1.30. The fraction of sp³-hybridized carbons (Fsp3) is 0.333. The van der Waals surface area contributed by atoms with Gasteiger partial charge in [0, 0.05) is 61.1 Å². The van der Waals surface area contributed by atoms with Gasteiger partial charge in [0.05, 0.1) is 13.3 Å². The van der Waals surface area contributed by atoms with Crippen LogP contribution in [0.5, 0.6) is 11.5 Å². The minimum Gasteiger partial charge on any atom is -0.465 e. The number of carbonyl (C=O) groups excluding carboxylic acids is 1. The molecule has 41 heavy (non-hydrogen) atoms. The monoisotopic (exact) mass is 572 g/mol. The molecule has 1 aliphatic heterocycles. The summed E-state index contributed by atoms with van der Waals surface area (Å²) < 4.78 is 11.2. The molecule has 0 bridgehead atoms. The third-order valence-electron chi connectivity index (χ3n) is 7.49. The molecule has 1 fully saturated rings. The molecule has 0 aliphatic carbocycles. The number of fused-ring (bicyclic) bond motifs is 1. The van der Waals surface area contributed by atoms with Gasteiger partial charge in [-0.05, 0) is 66.8 Å². The van der Waals surface area contributed by atoms with E-state index in [2.05, 4.69) is 52.7 Å². The predicted molar refractivity (Wildman–Crippen MR) is 166 cm³/mol. The number of hydrogen-bond acceptors (Lipinski definition) is 6. The Morgan fingerprint density at radius 2 is 1.80 bits per heavy atom. The van der Waals surface area contributed by atoms with E-state index in [9.17, 15) is 4.79 Å². The molecule has 0 saturated carbocycles. The highest BCUT2D eigenvalue weighted by Crippen LogP contribution is 2.33. The van der Waals surface area contributed by atoms with Crippen LogP contribution in [0.25, 0.3) is 16.6 Å². The number of anilines is 1. The smallest absolute Gasteiger partial charge is 0.341 e. The zero-order chi connectivity index (χ0) is 28.9. The number of halogens is 1. The molecule has 0 unspecified atom stereocenters. The quantitative estimate of drug-likeness (QED) is 0.210. The molecule has 4 aromatic rings. The molecule has 1 saturated heterocycles. The second-order valence-electron chi connectivity index (χ2n) is 11.0. The van der Waals surface area contributed by atoms with Crippen LogP contribution in [0, 0.1) is 5.92 Å². The molecule has 0 amide bonds. The number of pyridine rings is 1. The molecule has 1 aliphatic rings. The summed E-state index contributed by atoms with van der Waals surface area (Å²) in [5.41, 5.74) is 6.24. The first kappa shape index (κ1) is 28.7. The van der Waals surface area contributed by atoms with Gasteiger partial charge in [-0.15, -0.1) is 0 Å². The van der Waals surface area contributed by atoms with Crippen LogP contribution >= 0.6 is 11.6 Å². The van der Waals surface area contributed by atoms with Gasteiger partial charge in [0.25, 0.3) is 0 Å². The third kappa shape index (κ3) is 6.92. The van der Waals surface area contributed by atoms with Gasteiger partial charge in [-0.1, -0.05) is 43.2 Å². The Hall–Kier alpha value is -3.81. The van der Waals surface area contributed by atoms with Gasteiger partial charge in [0.1, 0.15) is 22.7 Å². The average molecular weight is 573 g/mol. The lowest BCUT2D eigenvalue weighted by Crippen LogP contribution is -2.46. The Bertz CT molecular complexity index is 1540. The van der Waals surface area contributed by atoms with Crippen LogP contribution in [0.4, 0.5) is 5.69 Å². The van der Waals surface area contributed by atoms with Crippen molar-refractivity contribution in [1.82, 2.24) is 14.9 Å². The Morgan fingerprint density at radius 3 is 2.51 bits per heavy atom. The number of rotatable bonds is 9. The maximum atomic E-state index is 12.5. The Morgan fingerprint density at radius 1 is 1.05 bits per heavy atom. The Kier molecular flexibility index (Phi) is 8.96. The summed E-state index contributed by atoms with van der Waals surface area (Å²) in [4.78, 5) is 24.9. The predicted octanol–water partition coefficient (Wildman–Crippen LogP) is 7.44. The average Bonchev–Trinajstić information content (AvgIpc) is 3.44. The molecule has 8 heteroatoms. The standard InChI is InChI=1S/C33H37ClN4O3/c1-22(2)17-30(24-5-7-26(34)8-6-24)23(3)21-37-13-15-38(16-14-37)27-9-10-29(33(39)40-4)31(19-27)41-28-18-25-11-12-35-32(25)36-20-28/h5-12,18-20,22H,13-17,21H2,1-4H3,(H,35,36). The van der Waals surface area contributed by atoms with Crippen LogP contribution in [0.3, 0.4) is 0 Å². The van der Waals surface area contributed by atoms with Crippen molar-refractivity contribution in [3.05, 3.63) is 88.7 Å². The molecular formula is C33H37ClN4O3. The summed E-state index contributed by atoms with van der Waals surface area (Å²) in [6.45, 7) is 11.4.